The lowest BCUT2D eigenvalue weighted by Crippen LogP contribution is -2.14. The van der Waals surface area contributed by atoms with Gasteiger partial charge >= 0.3 is 0 Å². The van der Waals surface area contributed by atoms with Crippen LogP contribution in [0.5, 0.6) is 0 Å². The van der Waals surface area contributed by atoms with Gasteiger partial charge in [-0.1, -0.05) is 43.3 Å². The maximum absolute atomic E-state index is 13.6. The van der Waals surface area contributed by atoms with Crippen LogP contribution in [-0.4, -0.2) is 0 Å². The zero-order valence-corrected chi connectivity index (χ0v) is 10.2. The van der Waals surface area contributed by atoms with E-state index in [0.29, 0.717) is 0 Å². The number of halogens is 2. The molecule has 1 nitrogen and oxygen atoms in total. The van der Waals surface area contributed by atoms with Gasteiger partial charge in [0.1, 0.15) is 0 Å². The average Bonchev–Trinajstić information content (AvgIpc) is 2.41. The van der Waals surface area contributed by atoms with Crippen LogP contribution in [0.3, 0.4) is 0 Å². The van der Waals surface area contributed by atoms with Crippen molar-refractivity contribution < 1.29 is 8.78 Å². The first-order valence-corrected chi connectivity index (χ1v) is 5.91. The fourth-order valence-corrected chi connectivity index (χ4v) is 1.90. The van der Waals surface area contributed by atoms with E-state index in [4.69, 9.17) is 5.73 Å². The van der Waals surface area contributed by atoms with Gasteiger partial charge in [-0.05, 0) is 23.6 Å². The van der Waals surface area contributed by atoms with Crippen LogP contribution in [0.1, 0.15) is 29.7 Å². The first-order valence-electron chi connectivity index (χ1n) is 5.91. The van der Waals surface area contributed by atoms with Crippen LogP contribution in [0.4, 0.5) is 8.78 Å². The third-order valence-electron chi connectivity index (χ3n) is 3.06. The highest BCUT2D eigenvalue weighted by molar-refractivity contribution is 5.34. The highest BCUT2D eigenvalue weighted by atomic mass is 19.2. The van der Waals surface area contributed by atoms with Crippen molar-refractivity contribution in [2.24, 2.45) is 5.73 Å². The third kappa shape index (κ3) is 2.41. The lowest BCUT2D eigenvalue weighted by molar-refractivity contribution is 0.494. The quantitative estimate of drug-likeness (QED) is 0.881. The summed E-state index contributed by atoms with van der Waals surface area (Å²) in [6, 6.07) is 11.0. The Morgan fingerprint density at radius 1 is 1.06 bits per heavy atom. The molecule has 18 heavy (non-hydrogen) atoms. The predicted molar refractivity (Wildman–Crippen MR) is 68.2 cm³/mol. The number of benzene rings is 2. The van der Waals surface area contributed by atoms with Crippen molar-refractivity contribution >= 4 is 0 Å². The molecular formula is C15H15F2N. The predicted octanol–water partition coefficient (Wildman–Crippen LogP) is 3.58. The van der Waals surface area contributed by atoms with Crippen LogP contribution in [-0.2, 0) is 6.42 Å². The topological polar surface area (TPSA) is 26.0 Å². The molecule has 0 bridgehead atoms. The minimum absolute atomic E-state index is 0.180. The van der Waals surface area contributed by atoms with Crippen molar-refractivity contribution in [1.29, 1.82) is 0 Å². The summed E-state index contributed by atoms with van der Waals surface area (Å²) >= 11 is 0. The summed E-state index contributed by atoms with van der Waals surface area (Å²) in [6.45, 7) is 2.06. The molecule has 0 saturated heterocycles. The molecule has 0 saturated carbocycles. The molecular weight excluding hydrogens is 232 g/mol. The van der Waals surface area contributed by atoms with Crippen molar-refractivity contribution in [2.75, 3.05) is 0 Å². The maximum atomic E-state index is 13.6. The van der Waals surface area contributed by atoms with Gasteiger partial charge in [0.15, 0.2) is 11.6 Å². The average molecular weight is 247 g/mol. The molecule has 1 unspecified atom stereocenters. The molecule has 0 aromatic heterocycles. The van der Waals surface area contributed by atoms with E-state index in [-0.39, 0.29) is 5.56 Å². The molecule has 3 heteroatoms. The van der Waals surface area contributed by atoms with Gasteiger partial charge in [0.2, 0.25) is 0 Å². The van der Waals surface area contributed by atoms with Crippen molar-refractivity contribution in [1.82, 2.24) is 0 Å². The monoisotopic (exact) mass is 247 g/mol. The molecule has 94 valence electrons. The summed E-state index contributed by atoms with van der Waals surface area (Å²) in [5.41, 5.74) is 8.11. The standard InChI is InChI=1S/C15H15F2N/c1-2-10-6-8-11(9-7-10)15(18)12-4-3-5-13(16)14(12)17/h3-9,15H,2,18H2,1H3. The van der Waals surface area contributed by atoms with E-state index in [1.54, 1.807) is 0 Å². The molecule has 2 N–H and O–H groups in total. The molecule has 0 aliphatic heterocycles. The lowest BCUT2D eigenvalue weighted by Gasteiger charge is -2.14. The maximum Gasteiger partial charge on any atom is 0.163 e. The zero-order chi connectivity index (χ0) is 13.1. The second-order valence-corrected chi connectivity index (χ2v) is 4.22. The summed E-state index contributed by atoms with van der Waals surface area (Å²) in [6.07, 6.45) is 0.934. The molecule has 2 aromatic rings. The number of nitrogens with two attached hydrogens (primary N) is 1. The van der Waals surface area contributed by atoms with Gasteiger partial charge in [0.05, 0.1) is 6.04 Å². The third-order valence-corrected chi connectivity index (χ3v) is 3.06. The Bertz CT molecular complexity index is 535. The molecule has 0 aliphatic carbocycles. The van der Waals surface area contributed by atoms with Gasteiger partial charge in [-0.25, -0.2) is 8.78 Å². The Kier molecular flexibility index (Phi) is 3.72. The molecule has 0 aliphatic rings. The number of hydrogen-bond acceptors (Lipinski definition) is 1. The molecule has 0 radical (unpaired) electrons. The molecule has 2 aromatic carbocycles. The fourth-order valence-electron chi connectivity index (χ4n) is 1.90. The van der Waals surface area contributed by atoms with Gasteiger partial charge in [-0.15, -0.1) is 0 Å². The first kappa shape index (κ1) is 12.7. The van der Waals surface area contributed by atoms with Gasteiger partial charge in [0.25, 0.3) is 0 Å². The Labute approximate surface area is 105 Å². The summed E-state index contributed by atoms with van der Waals surface area (Å²) in [5.74, 6) is -1.74. The molecule has 0 amide bonds. The Hall–Kier alpha value is -1.74. The Morgan fingerprint density at radius 2 is 1.72 bits per heavy atom. The zero-order valence-electron chi connectivity index (χ0n) is 10.2. The minimum atomic E-state index is -0.871. The Balaban J connectivity index is 2.35. The summed E-state index contributed by atoms with van der Waals surface area (Å²) in [7, 11) is 0. The summed E-state index contributed by atoms with van der Waals surface area (Å²) in [5, 5.41) is 0. The highest BCUT2D eigenvalue weighted by Crippen LogP contribution is 2.23. The molecule has 0 fully saturated rings. The summed E-state index contributed by atoms with van der Waals surface area (Å²) < 4.78 is 26.8. The van der Waals surface area contributed by atoms with E-state index in [9.17, 15) is 8.78 Å². The van der Waals surface area contributed by atoms with Crippen LogP contribution in [0.15, 0.2) is 42.5 Å². The van der Waals surface area contributed by atoms with Crippen molar-refractivity contribution in [2.45, 2.75) is 19.4 Å². The van der Waals surface area contributed by atoms with E-state index in [2.05, 4.69) is 6.92 Å². The van der Waals surface area contributed by atoms with E-state index in [1.165, 1.54) is 17.7 Å². The molecule has 0 spiro atoms. The van der Waals surface area contributed by atoms with Crippen molar-refractivity contribution in [3.63, 3.8) is 0 Å². The Morgan fingerprint density at radius 3 is 2.33 bits per heavy atom. The fraction of sp³-hybridized carbons (Fsp3) is 0.200. The highest BCUT2D eigenvalue weighted by Gasteiger charge is 2.16. The van der Waals surface area contributed by atoms with Gasteiger partial charge in [0, 0.05) is 5.56 Å². The van der Waals surface area contributed by atoms with E-state index >= 15 is 0 Å². The first-order chi connectivity index (χ1) is 8.63. The van der Waals surface area contributed by atoms with Gasteiger partial charge in [-0.3, -0.25) is 0 Å². The number of hydrogen-bond donors (Lipinski definition) is 1. The van der Waals surface area contributed by atoms with E-state index < -0.39 is 17.7 Å². The van der Waals surface area contributed by atoms with Gasteiger partial charge in [-0.2, -0.15) is 0 Å². The largest absolute Gasteiger partial charge is 0.320 e. The van der Waals surface area contributed by atoms with Crippen LogP contribution in [0.25, 0.3) is 0 Å². The SMILES string of the molecule is CCc1ccc(C(N)c2cccc(F)c2F)cc1. The van der Waals surface area contributed by atoms with Crippen molar-refractivity contribution in [3.8, 4) is 0 Å². The smallest absolute Gasteiger partial charge is 0.163 e. The minimum Gasteiger partial charge on any atom is -0.320 e. The van der Waals surface area contributed by atoms with Crippen LogP contribution in [0, 0.1) is 11.6 Å². The second kappa shape index (κ2) is 5.27. The van der Waals surface area contributed by atoms with Crippen LogP contribution >= 0.6 is 0 Å². The molecule has 2 rings (SSSR count). The normalized spacial score (nSPS) is 12.4. The van der Waals surface area contributed by atoms with Crippen LogP contribution < -0.4 is 5.73 Å². The lowest BCUT2D eigenvalue weighted by atomic mass is 9.97. The van der Waals surface area contributed by atoms with E-state index in [0.717, 1.165) is 18.1 Å². The number of rotatable bonds is 3. The van der Waals surface area contributed by atoms with Gasteiger partial charge < -0.3 is 5.73 Å². The summed E-state index contributed by atoms with van der Waals surface area (Å²) in [4.78, 5) is 0. The molecule has 1 atom stereocenters. The van der Waals surface area contributed by atoms with Crippen LogP contribution in [0.2, 0.25) is 0 Å². The van der Waals surface area contributed by atoms with E-state index in [1.807, 2.05) is 24.3 Å². The van der Waals surface area contributed by atoms with Crippen molar-refractivity contribution in [3.05, 3.63) is 70.8 Å². The molecule has 0 heterocycles. The second-order valence-electron chi connectivity index (χ2n) is 4.22. The number of aryl methyl sites for hydroxylation is 1.